The lowest BCUT2D eigenvalue weighted by atomic mass is 10.1. The van der Waals surface area contributed by atoms with E-state index in [-0.39, 0.29) is 18.9 Å². The Morgan fingerprint density at radius 2 is 2.36 bits per heavy atom. The molecule has 0 unspecified atom stereocenters. The number of nitrogens with one attached hydrogen (secondary N) is 1. The smallest absolute Gasteiger partial charge is 0.411 e. The number of allylic oxidation sites excluding steroid dienone is 1. The Labute approximate surface area is 127 Å². The molecule has 1 heterocycles. The van der Waals surface area contributed by atoms with Gasteiger partial charge in [0.15, 0.2) is 0 Å². The molecule has 7 nitrogen and oxygen atoms in total. The molecule has 2 rings (SSSR count). The maximum Gasteiger partial charge on any atom is 0.411 e. The predicted octanol–water partition coefficient (Wildman–Crippen LogP) is 2.27. The van der Waals surface area contributed by atoms with Gasteiger partial charge in [-0.25, -0.2) is 4.79 Å². The number of carbonyl (C=O) groups is 1. The number of fused-ring (bicyclic) bond motifs is 1. The third-order valence-corrected chi connectivity index (χ3v) is 3.04. The second-order valence-electron chi connectivity index (χ2n) is 4.51. The molecule has 0 amide bonds. The van der Waals surface area contributed by atoms with Gasteiger partial charge in [-0.1, -0.05) is 18.2 Å². The second-order valence-corrected chi connectivity index (χ2v) is 4.51. The highest BCUT2D eigenvalue weighted by molar-refractivity contribution is 5.88. The van der Waals surface area contributed by atoms with Crippen LogP contribution in [0.1, 0.15) is 12.5 Å². The van der Waals surface area contributed by atoms with E-state index in [1.807, 2.05) is 6.07 Å². The minimum atomic E-state index is -0.982. The van der Waals surface area contributed by atoms with E-state index in [2.05, 4.69) is 11.9 Å². The molecule has 1 aliphatic rings. The fraction of sp³-hybridized carbons (Fsp3) is 0.267. The second kappa shape index (κ2) is 6.75. The normalized spacial score (nSPS) is 15.0. The Kier molecular flexibility index (Phi) is 4.77. The molecule has 116 valence electrons. The van der Waals surface area contributed by atoms with E-state index in [0.29, 0.717) is 17.9 Å². The summed E-state index contributed by atoms with van der Waals surface area (Å²) in [6.07, 6.45) is 2.36. The summed E-state index contributed by atoms with van der Waals surface area (Å²) in [6, 6.07) is 5.41. The van der Waals surface area contributed by atoms with Gasteiger partial charge < -0.3 is 14.8 Å². The zero-order valence-electron chi connectivity index (χ0n) is 12.1. The highest BCUT2D eigenvalue weighted by Crippen LogP contribution is 2.34. The summed E-state index contributed by atoms with van der Waals surface area (Å²) in [7, 11) is 0. The molecule has 1 aromatic rings. The Morgan fingerprint density at radius 3 is 3.00 bits per heavy atom. The Bertz CT molecular complexity index is 651. The molecule has 0 aromatic heterocycles. The van der Waals surface area contributed by atoms with E-state index >= 15 is 0 Å². The average molecular weight is 304 g/mol. The van der Waals surface area contributed by atoms with Gasteiger partial charge in [-0.15, -0.1) is 6.58 Å². The lowest BCUT2D eigenvalue weighted by Crippen LogP contribution is -2.26. The fourth-order valence-electron chi connectivity index (χ4n) is 2.15. The van der Waals surface area contributed by atoms with Gasteiger partial charge in [0.25, 0.3) is 0 Å². The van der Waals surface area contributed by atoms with Crippen molar-refractivity contribution in [2.24, 2.45) is 0 Å². The Balaban J connectivity index is 2.39. The number of hydrogen-bond donors (Lipinski definition) is 1. The van der Waals surface area contributed by atoms with Crippen LogP contribution in [0.25, 0.3) is 0 Å². The van der Waals surface area contributed by atoms with Crippen LogP contribution in [-0.4, -0.2) is 24.1 Å². The summed E-state index contributed by atoms with van der Waals surface area (Å²) in [5.74, 6) is -0.373. The van der Waals surface area contributed by atoms with Crippen molar-refractivity contribution in [3.05, 3.63) is 57.9 Å². The van der Waals surface area contributed by atoms with Crippen LogP contribution in [-0.2, 0) is 16.0 Å². The SMILES string of the molecule is C=CCc1cccc2c1OC/C(=C(\C(=O)OCC)[N+](=O)[O-])N2. The molecule has 0 fully saturated rings. The number of benzene rings is 1. The molecule has 0 saturated carbocycles. The summed E-state index contributed by atoms with van der Waals surface area (Å²) in [6.45, 7) is 5.22. The largest absolute Gasteiger partial charge is 0.485 e. The third kappa shape index (κ3) is 3.08. The number of nitrogens with zero attached hydrogens (tertiary/aromatic N) is 1. The van der Waals surface area contributed by atoms with E-state index in [1.54, 1.807) is 25.1 Å². The first kappa shape index (κ1) is 15.6. The Morgan fingerprint density at radius 1 is 1.59 bits per heavy atom. The van der Waals surface area contributed by atoms with Crippen LogP contribution in [0.3, 0.4) is 0 Å². The van der Waals surface area contributed by atoms with Crippen LogP contribution in [0.4, 0.5) is 5.69 Å². The molecule has 0 atom stereocenters. The number of ether oxygens (including phenoxy) is 2. The van der Waals surface area contributed by atoms with E-state index in [1.165, 1.54) is 0 Å². The van der Waals surface area contributed by atoms with Crippen LogP contribution in [0, 0.1) is 10.1 Å². The summed E-state index contributed by atoms with van der Waals surface area (Å²) >= 11 is 0. The number of anilines is 1. The topological polar surface area (TPSA) is 90.7 Å². The van der Waals surface area contributed by atoms with Gasteiger partial charge in [0.2, 0.25) is 0 Å². The van der Waals surface area contributed by atoms with Crippen molar-refractivity contribution < 1.29 is 19.2 Å². The van der Waals surface area contributed by atoms with Crippen molar-refractivity contribution in [3.8, 4) is 5.75 Å². The number of carbonyl (C=O) groups excluding carboxylic acids is 1. The minimum Gasteiger partial charge on any atom is -0.485 e. The molecular weight excluding hydrogens is 288 g/mol. The molecule has 0 saturated heterocycles. The lowest BCUT2D eigenvalue weighted by Gasteiger charge is -2.23. The zero-order valence-corrected chi connectivity index (χ0v) is 12.1. The van der Waals surface area contributed by atoms with Crippen molar-refractivity contribution in [1.29, 1.82) is 0 Å². The summed E-state index contributed by atoms with van der Waals surface area (Å²) < 4.78 is 10.3. The third-order valence-electron chi connectivity index (χ3n) is 3.04. The van der Waals surface area contributed by atoms with Gasteiger partial charge in [0, 0.05) is 5.56 Å². The van der Waals surface area contributed by atoms with E-state index in [4.69, 9.17) is 9.47 Å². The first-order valence-electron chi connectivity index (χ1n) is 6.75. The first-order valence-corrected chi connectivity index (χ1v) is 6.75. The summed E-state index contributed by atoms with van der Waals surface area (Å²) in [5, 5.41) is 14.0. The molecule has 0 spiro atoms. The van der Waals surface area contributed by atoms with Crippen molar-refractivity contribution in [2.45, 2.75) is 13.3 Å². The molecule has 7 heteroatoms. The first-order chi connectivity index (χ1) is 10.6. The van der Waals surface area contributed by atoms with E-state index in [9.17, 15) is 14.9 Å². The van der Waals surface area contributed by atoms with Gasteiger partial charge in [-0.3, -0.25) is 10.1 Å². The highest BCUT2D eigenvalue weighted by atomic mass is 16.6. The Hall–Kier alpha value is -2.83. The average Bonchev–Trinajstić information content (AvgIpc) is 2.47. The van der Waals surface area contributed by atoms with Gasteiger partial charge in [0.1, 0.15) is 18.1 Å². The molecule has 1 N–H and O–H groups in total. The van der Waals surface area contributed by atoms with Crippen LogP contribution in [0.15, 0.2) is 42.2 Å². The maximum atomic E-state index is 11.7. The maximum absolute atomic E-state index is 11.7. The molecule has 1 aromatic carbocycles. The van der Waals surface area contributed by atoms with Crippen LogP contribution in [0.2, 0.25) is 0 Å². The summed E-state index contributed by atoms with van der Waals surface area (Å²) in [5.41, 5.74) is 0.926. The number of esters is 1. The lowest BCUT2D eigenvalue weighted by molar-refractivity contribution is -0.422. The molecule has 22 heavy (non-hydrogen) atoms. The molecular formula is C15H16N2O5. The van der Waals surface area contributed by atoms with Gasteiger partial charge >= 0.3 is 11.7 Å². The summed E-state index contributed by atoms with van der Waals surface area (Å²) in [4.78, 5) is 22.1. The number of hydrogen-bond acceptors (Lipinski definition) is 6. The molecule has 0 aliphatic carbocycles. The van der Waals surface area contributed by atoms with Gasteiger partial charge in [0.05, 0.1) is 17.2 Å². The van der Waals surface area contributed by atoms with E-state index < -0.39 is 16.6 Å². The number of para-hydroxylation sites is 1. The fourth-order valence-corrected chi connectivity index (χ4v) is 2.15. The van der Waals surface area contributed by atoms with Crippen molar-refractivity contribution in [1.82, 2.24) is 0 Å². The van der Waals surface area contributed by atoms with Crippen molar-refractivity contribution in [2.75, 3.05) is 18.5 Å². The van der Waals surface area contributed by atoms with Gasteiger partial charge in [-0.05, 0) is 19.4 Å². The number of rotatable bonds is 5. The van der Waals surface area contributed by atoms with Crippen molar-refractivity contribution in [3.63, 3.8) is 0 Å². The van der Waals surface area contributed by atoms with Crippen LogP contribution < -0.4 is 10.1 Å². The predicted molar refractivity (Wildman–Crippen MR) is 80.1 cm³/mol. The molecule has 1 aliphatic heterocycles. The van der Waals surface area contributed by atoms with E-state index in [0.717, 1.165) is 5.56 Å². The quantitative estimate of drug-likeness (QED) is 0.295. The highest BCUT2D eigenvalue weighted by Gasteiger charge is 2.32. The zero-order chi connectivity index (χ0) is 16.1. The number of nitro groups is 1. The minimum absolute atomic E-state index is 0.0599. The molecule has 0 bridgehead atoms. The van der Waals surface area contributed by atoms with Crippen molar-refractivity contribution >= 4 is 11.7 Å². The molecule has 0 radical (unpaired) electrons. The van der Waals surface area contributed by atoms with Crippen LogP contribution >= 0.6 is 0 Å². The monoisotopic (exact) mass is 304 g/mol. The standard InChI is InChI=1S/C15H16N2O5/c1-3-6-10-7-5-8-11-14(10)22-9-12(16-11)13(17(19)20)15(18)21-4-2/h3,5,7-8,16H,1,4,6,9H2,2H3/b13-12-. The van der Waals surface area contributed by atoms with Crippen LogP contribution in [0.5, 0.6) is 5.75 Å². The van der Waals surface area contributed by atoms with Gasteiger partial charge in [-0.2, -0.15) is 0 Å².